The SMILES string of the molecule is CC(=O)[C@H](Cc1cc(=O)oc2[c-]c(C)c(C)cc12)NC(=O)OCC1c2ccccc2-c2ccccc21.[Y]. The summed E-state index contributed by atoms with van der Waals surface area (Å²) < 4.78 is 10.9. The van der Waals surface area contributed by atoms with E-state index < -0.39 is 17.8 Å². The first-order valence-corrected chi connectivity index (χ1v) is 11.9. The van der Waals surface area contributed by atoms with Gasteiger partial charge in [-0.15, -0.1) is 6.07 Å². The zero-order chi connectivity index (χ0) is 25.4. The summed E-state index contributed by atoms with van der Waals surface area (Å²) in [5.74, 6) is -0.318. The third kappa shape index (κ3) is 5.46. The molecular formula is C30H26NO5Y-. The number of hydrogen-bond donors (Lipinski definition) is 1. The normalized spacial score (nSPS) is 12.8. The third-order valence-electron chi connectivity index (χ3n) is 6.89. The fourth-order valence-electron chi connectivity index (χ4n) is 4.86. The Morgan fingerprint density at radius 2 is 1.65 bits per heavy atom. The number of nitrogens with one attached hydrogen (secondary N) is 1. The van der Waals surface area contributed by atoms with Crippen LogP contribution in [0, 0.1) is 19.9 Å². The van der Waals surface area contributed by atoms with E-state index in [1.165, 1.54) is 13.0 Å². The molecule has 1 N–H and O–H groups in total. The molecule has 6 nitrogen and oxygen atoms in total. The predicted molar refractivity (Wildman–Crippen MR) is 137 cm³/mol. The standard InChI is InChI=1S/C30H26NO5.Y/c1-17-12-25-20(15-29(33)36-28(25)13-18(17)2)14-27(19(3)32)31-30(34)35-16-26-23-10-6-4-8-21(23)22-9-5-7-11-24(22)26;/h4-12,15,26-27H,14,16H2,1-3H3,(H,31,34);/q-1;/t27-;/m0./s1. The van der Waals surface area contributed by atoms with Crippen LogP contribution in [0.15, 0.2) is 69.9 Å². The number of hydrogen-bond acceptors (Lipinski definition) is 5. The van der Waals surface area contributed by atoms with E-state index in [-0.39, 0.29) is 57.4 Å². The van der Waals surface area contributed by atoms with E-state index in [0.717, 1.165) is 33.4 Å². The Labute approximate surface area is 240 Å². The second-order valence-electron chi connectivity index (χ2n) is 9.25. The molecule has 0 aliphatic heterocycles. The van der Waals surface area contributed by atoms with Crippen LogP contribution in [0.1, 0.15) is 40.7 Å². The van der Waals surface area contributed by atoms with Gasteiger partial charge in [0.15, 0.2) is 5.78 Å². The number of Topliss-reactive ketones (excluding diaryl/α,β-unsaturated/α-hetero) is 1. The molecule has 0 saturated carbocycles. The number of amides is 1. The van der Waals surface area contributed by atoms with Crippen molar-refractivity contribution in [2.45, 2.75) is 39.2 Å². The average molecular weight is 569 g/mol. The molecule has 0 bridgehead atoms. The summed E-state index contributed by atoms with van der Waals surface area (Å²) >= 11 is 0. The van der Waals surface area contributed by atoms with Gasteiger partial charge >= 0.3 is 11.7 Å². The minimum Gasteiger partial charge on any atom is -0.450 e. The third-order valence-corrected chi connectivity index (χ3v) is 6.89. The van der Waals surface area contributed by atoms with Crippen molar-refractivity contribution in [2.75, 3.05) is 6.61 Å². The van der Waals surface area contributed by atoms with Crippen molar-refractivity contribution in [3.8, 4) is 11.1 Å². The quantitative estimate of drug-likeness (QED) is 0.254. The first kappa shape index (κ1) is 27.0. The van der Waals surface area contributed by atoms with Crippen LogP contribution in [0.5, 0.6) is 0 Å². The molecule has 3 aromatic carbocycles. The fourth-order valence-corrected chi connectivity index (χ4v) is 4.86. The average Bonchev–Trinajstić information content (AvgIpc) is 3.17. The number of alkyl carbamates (subject to hydrolysis) is 1. The Kier molecular flexibility index (Phi) is 8.10. The molecule has 1 aliphatic rings. The van der Waals surface area contributed by atoms with Crippen LogP contribution in [0.3, 0.4) is 0 Å². The molecule has 1 aliphatic carbocycles. The van der Waals surface area contributed by atoms with Crippen LogP contribution in [-0.4, -0.2) is 24.5 Å². The molecule has 5 rings (SSSR count). The molecular weight excluding hydrogens is 543 g/mol. The molecule has 1 aromatic heterocycles. The second-order valence-corrected chi connectivity index (χ2v) is 9.25. The smallest absolute Gasteiger partial charge is 0.407 e. The molecule has 1 atom stereocenters. The molecule has 7 heteroatoms. The van der Waals surface area contributed by atoms with Crippen molar-refractivity contribution in [3.63, 3.8) is 0 Å². The summed E-state index contributed by atoms with van der Waals surface area (Å²) in [6, 6.07) is 21.7. The zero-order valence-corrected chi connectivity index (χ0v) is 23.8. The number of benzene rings is 3. The van der Waals surface area contributed by atoms with Crippen molar-refractivity contribution >= 4 is 22.8 Å². The van der Waals surface area contributed by atoms with Gasteiger partial charge in [-0.3, -0.25) is 4.79 Å². The molecule has 1 heterocycles. The number of carbonyl (C=O) groups excluding carboxylic acids is 2. The van der Waals surface area contributed by atoms with E-state index in [1.54, 1.807) is 0 Å². The van der Waals surface area contributed by atoms with Crippen molar-refractivity contribution < 1.29 is 51.5 Å². The maximum atomic E-state index is 12.8. The second kappa shape index (κ2) is 11.1. The Bertz CT molecular complexity index is 1510. The Morgan fingerprint density at radius 1 is 1.03 bits per heavy atom. The van der Waals surface area contributed by atoms with Gasteiger partial charge < -0.3 is 14.5 Å². The van der Waals surface area contributed by atoms with Gasteiger partial charge in [0.05, 0.1) is 6.04 Å². The van der Waals surface area contributed by atoms with Gasteiger partial charge in [-0.2, -0.15) is 17.2 Å². The number of aryl methyl sites for hydroxylation is 2. The van der Waals surface area contributed by atoms with Gasteiger partial charge in [0, 0.05) is 50.3 Å². The van der Waals surface area contributed by atoms with E-state index in [4.69, 9.17) is 9.15 Å². The van der Waals surface area contributed by atoms with Gasteiger partial charge in [-0.05, 0) is 35.6 Å². The molecule has 37 heavy (non-hydrogen) atoms. The summed E-state index contributed by atoms with van der Waals surface area (Å²) in [4.78, 5) is 37.4. The first-order chi connectivity index (χ1) is 17.3. The van der Waals surface area contributed by atoms with Crippen LogP contribution in [0.25, 0.3) is 22.1 Å². The maximum Gasteiger partial charge on any atom is 0.407 e. The van der Waals surface area contributed by atoms with Gasteiger partial charge in [-0.25, -0.2) is 9.59 Å². The molecule has 0 saturated heterocycles. The number of fused-ring (bicyclic) bond motifs is 4. The van der Waals surface area contributed by atoms with Crippen molar-refractivity contribution in [3.05, 3.63) is 105 Å². The molecule has 0 fully saturated rings. The summed E-state index contributed by atoms with van der Waals surface area (Å²) in [7, 11) is 0. The van der Waals surface area contributed by atoms with E-state index in [1.807, 2.05) is 56.3 Å². The topological polar surface area (TPSA) is 85.6 Å². The van der Waals surface area contributed by atoms with E-state index in [2.05, 4.69) is 23.5 Å². The van der Waals surface area contributed by atoms with Crippen LogP contribution in [-0.2, 0) is 48.7 Å². The van der Waals surface area contributed by atoms with Gasteiger partial charge in [0.2, 0.25) is 0 Å². The Morgan fingerprint density at radius 3 is 2.27 bits per heavy atom. The van der Waals surface area contributed by atoms with E-state index in [0.29, 0.717) is 16.5 Å². The molecule has 4 aromatic rings. The fraction of sp³-hybridized carbons (Fsp3) is 0.233. The first-order valence-electron chi connectivity index (χ1n) is 11.9. The van der Waals surface area contributed by atoms with Crippen LogP contribution < -0.4 is 10.9 Å². The number of ether oxygens (including phenoxy) is 1. The van der Waals surface area contributed by atoms with Crippen molar-refractivity contribution in [1.82, 2.24) is 5.32 Å². The monoisotopic (exact) mass is 569 g/mol. The van der Waals surface area contributed by atoms with E-state index >= 15 is 0 Å². The summed E-state index contributed by atoms with van der Waals surface area (Å²) in [6.45, 7) is 5.38. The van der Waals surface area contributed by atoms with Gasteiger partial charge in [0.25, 0.3) is 0 Å². The largest absolute Gasteiger partial charge is 0.450 e. The number of ketones is 1. The molecule has 0 spiro atoms. The molecule has 1 amide bonds. The summed E-state index contributed by atoms with van der Waals surface area (Å²) in [6.07, 6.45) is -0.541. The summed E-state index contributed by atoms with van der Waals surface area (Å²) in [5, 5.41) is 3.39. The molecule has 0 unspecified atom stereocenters. The molecule has 1 radical (unpaired) electrons. The number of rotatable bonds is 6. The minimum absolute atomic E-state index is 0. The van der Waals surface area contributed by atoms with Gasteiger partial charge in [0.1, 0.15) is 6.61 Å². The summed E-state index contributed by atoms with van der Waals surface area (Å²) in [5.41, 5.74) is 6.79. The van der Waals surface area contributed by atoms with E-state index in [9.17, 15) is 14.4 Å². The minimum atomic E-state index is -0.854. The Hall–Kier alpha value is -3.09. The van der Waals surface area contributed by atoms with Crippen LogP contribution >= 0.6 is 0 Å². The predicted octanol–water partition coefficient (Wildman–Crippen LogP) is 5.25. The van der Waals surface area contributed by atoms with Crippen molar-refractivity contribution in [2.24, 2.45) is 0 Å². The number of carbonyl (C=O) groups is 2. The van der Waals surface area contributed by atoms with Crippen LogP contribution in [0.4, 0.5) is 4.79 Å². The van der Waals surface area contributed by atoms with Crippen molar-refractivity contribution in [1.29, 1.82) is 0 Å². The molecule has 185 valence electrons. The Balaban J connectivity index is 0.00000320. The maximum absolute atomic E-state index is 12.8. The van der Waals surface area contributed by atoms with Crippen LogP contribution in [0.2, 0.25) is 0 Å². The zero-order valence-electron chi connectivity index (χ0n) is 21.0. The van der Waals surface area contributed by atoms with Gasteiger partial charge in [-0.1, -0.05) is 73.3 Å².